The number of hydrogen-bond donors (Lipinski definition) is 0. The lowest BCUT2D eigenvalue weighted by Crippen LogP contribution is -2.50. The van der Waals surface area contributed by atoms with Crippen LogP contribution in [0.15, 0.2) is 43.0 Å². The molecule has 1 atom stereocenters. The molecule has 0 aliphatic heterocycles. The molecule has 0 fully saturated rings. The molecule has 1 rings (SSSR count). The van der Waals surface area contributed by atoms with Gasteiger partial charge in [0.05, 0.1) is 6.42 Å². The SMILES string of the molecule is C=CCC(CC(=O)Oc1ccccc1)N(C)[Si](C)(C)C. The van der Waals surface area contributed by atoms with E-state index in [4.69, 9.17) is 4.74 Å². The number of para-hydroxylation sites is 1. The van der Waals surface area contributed by atoms with Crippen molar-refractivity contribution in [3.63, 3.8) is 0 Å². The predicted molar refractivity (Wildman–Crippen MR) is 86.4 cm³/mol. The molecule has 0 saturated carbocycles. The van der Waals surface area contributed by atoms with Gasteiger partial charge >= 0.3 is 5.97 Å². The Morgan fingerprint density at radius 3 is 2.45 bits per heavy atom. The average molecular weight is 291 g/mol. The van der Waals surface area contributed by atoms with Gasteiger partial charge in [-0.1, -0.05) is 43.9 Å². The maximum atomic E-state index is 12.1. The highest BCUT2D eigenvalue weighted by molar-refractivity contribution is 6.73. The van der Waals surface area contributed by atoms with Crippen molar-refractivity contribution in [1.82, 2.24) is 4.57 Å². The summed E-state index contributed by atoms with van der Waals surface area (Å²) in [5.74, 6) is 0.415. The normalized spacial score (nSPS) is 13.1. The Labute approximate surface area is 123 Å². The van der Waals surface area contributed by atoms with Gasteiger partial charge in [0.15, 0.2) is 0 Å². The molecule has 0 aromatic heterocycles. The minimum absolute atomic E-state index is 0.162. The highest BCUT2D eigenvalue weighted by Crippen LogP contribution is 2.18. The van der Waals surface area contributed by atoms with Crippen LogP contribution in [-0.4, -0.2) is 31.9 Å². The zero-order valence-electron chi connectivity index (χ0n) is 12.9. The summed E-state index contributed by atoms with van der Waals surface area (Å²) >= 11 is 0. The largest absolute Gasteiger partial charge is 0.426 e. The van der Waals surface area contributed by atoms with E-state index in [9.17, 15) is 4.79 Å². The second kappa shape index (κ2) is 7.41. The van der Waals surface area contributed by atoms with Crippen molar-refractivity contribution in [2.24, 2.45) is 0 Å². The third-order valence-corrected chi connectivity index (χ3v) is 5.90. The smallest absolute Gasteiger partial charge is 0.312 e. The van der Waals surface area contributed by atoms with Gasteiger partial charge in [-0.3, -0.25) is 4.79 Å². The molecule has 0 N–H and O–H groups in total. The van der Waals surface area contributed by atoms with Gasteiger partial charge in [0, 0.05) is 6.04 Å². The lowest BCUT2D eigenvalue weighted by molar-refractivity contribution is -0.135. The van der Waals surface area contributed by atoms with Gasteiger partial charge in [-0.2, -0.15) is 0 Å². The summed E-state index contributed by atoms with van der Waals surface area (Å²) < 4.78 is 7.70. The zero-order chi connectivity index (χ0) is 15.2. The summed E-state index contributed by atoms with van der Waals surface area (Å²) in [7, 11) is 0.651. The summed E-state index contributed by atoms with van der Waals surface area (Å²) in [6.07, 6.45) is 3.06. The van der Waals surface area contributed by atoms with E-state index in [1.165, 1.54) is 0 Å². The van der Waals surface area contributed by atoms with Crippen molar-refractivity contribution >= 4 is 14.2 Å². The van der Waals surface area contributed by atoms with Crippen molar-refractivity contribution < 1.29 is 9.53 Å². The number of ether oxygens (including phenoxy) is 1. The van der Waals surface area contributed by atoms with Crippen LogP contribution in [0.4, 0.5) is 0 Å². The van der Waals surface area contributed by atoms with Crippen LogP contribution in [0.25, 0.3) is 0 Å². The summed E-state index contributed by atoms with van der Waals surface area (Å²) in [6.45, 7) is 10.6. The third-order valence-electron chi connectivity index (χ3n) is 3.42. The zero-order valence-corrected chi connectivity index (χ0v) is 13.9. The summed E-state index contributed by atoms with van der Waals surface area (Å²) in [6, 6.07) is 9.37. The number of benzene rings is 1. The first-order valence-corrected chi connectivity index (χ1v) is 10.4. The molecule has 110 valence electrons. The minimum Gasteiger partial charge on any atom is -0.426 e. The van der Waals surface area contributed by atoms with Gasteiger partial charge in [-0.05, 0) is 25.6 Å². The molecule has 0 bridgehead atoms. The molecular formula is C16H25NO2Si. The fraction of sp³-hybridized carbons (Fsp3) is 0.438. The summed E-state index contributed by atoms with van der Waals surface area (Å²) in [5.41, 5.74) is 0. The Bertz CT molecular complexity index is 440. The Kier molecular flexibility index (Phi) is 6.17. The van der Waals surface area contributed by atoms with Crippen LogP contribution < -0.4 is 4.74 Å². The van der Waals surface area contributed by atoms with E-state index in [2.05, 4.69) is 37.8 Å². The Balaban J connectivity index is 2.66. The van der Waals surface area contributed by atoms with E-state index in [0.717, 1.165) is 6.42 Å². The van der Waals surface area contributed by atoms with Gasteiger partial charge in [0.1, 0.15) is 14.0 Å². The van der Waals surface area contributed by atoms with Crippen LogP contribution >= 0.6 is 0 Å². The lowest BCUT2D eigenvalue weighted by Gasteiger charge is -2.36. The van der Waals surface area contributed by atoms with Crippen LogP contribution in [0.3, 0.4) is 0 Å². The summed E-state index contributed by atoms with van der Waals surface area (Å²) in [4.78, 5) is 12.1. The lowest BCUT2D eigenvalue weighted by atomic mass is 10.1. The molecule has 0 aliphatic rings. The number of nitrogens with zero attached hydrogens (tertiary/aromatic N) is 1. The Morgan fingerprint density at radius 2 is 1.95 bits per heavy atom. The number of carbonyl (C=O) groups is 1. The van der Waals surface area contributed by atoms with Gasteiger partial charge < -0.3 is 9.30 Å². The van der Waals surface area contributed by atoms with E-state index < -0.39 is 8.24 Å². The number of rotatable bonds is 7. The molecule has 4 heteroatoms. The predicted octanol–water partition coefficient (Wildman–Crippen LogP) is 3.69. The van der Waals surface area contributed by atoms with E-state index >= 15 is 0 Å². The van der Waals surface area contributed by atoms with Gasteiger partial charge in [0.2, 0.25) is 0 Å². The second-order valence-corrected chi connectivity index (χ2v) is 11.0. The number of carbonyl (C=O) groups excluding carboxylic acids is 1. The minimum atomic E-state index is -1.44. The quantitative estimate of drug-likeness (QED) is 0.332. The maximum Gasteiger partial charge on any atom is 0.312 e. The molecule has 0 saturated heterocycles. The monoisotopic (exact) mass is 291 g/mol. The third kappa shape index (κ3) is 5.31. The molecule has 0 aliphatic carbocycles. The first-order valence-electron chi connectivity index (χ1n) is 6.94. The summed E-state index contributed by atoms with van der Waals surface area (Å²) in [5, 5.41) is 0. The first kappa shape index (κ1) is 16.7. The molecule has 0 radical (unpaired) electrons. The Hall–Kier alpha value is -1.39. The van der Waals surface area contributed by atoms with Crippen LogP contribution in [0, 0.1) is 0 Å². The van der Waals surface area contributed by atoms with Crippen LogP contribution in [0.2, 0.25) is 19.6 Å². The highest BCUT2D eigenvalue weighted by Gasteiger charge is 2.28. The molecule has 0 spiro atoms. The number of hydrogen-bond acceptors (Lipinski definition) is 3. The standard InChI is InChI=1S/C16H25NO2Si/c1-6-10-14(17(2)20(3,4)5)13-16(18)19-15-11-8-7-9-12-15/h6-9,11-12,14H,1,10,13H2,2-5H3. The molecule has 0 amide bonds. The van der Waals surface area contributed by atoms with E-state index in [0.29, 0.717) is 12.2 Å². The van der Waals surface area contributed by atoms with Crippen LogP contribution in [-0.2, 0) is 4.79 Å². The molecule has 0 heterocycles. The van der Waals surface area contributed by atoms with E-state index in [1.54, 1.807) is 12.1 Å². The topological polar surface area (TPSA) is 29.5 Å². The van der Waals surface area contributed by atoms with Gasteiger partial charge in [0.25, 0.3) is 0 Å². The van der Waals surface area contributed by atoms with E-state index in [-0.39, 0.29) is 12.0 Å². The van der Waals surface area contributed by atoms with Crippen molar-refractivity contribution in [2.45, 2.75) is 38.5 Å². The van der Waals surface area contributed by atoms with Crippen LogP contribution in [0.1, 0.15) is 12.8 Å². The fourth-order valence-corrected chi connectivity index (χ4v) is 3.26. The first-order chi connectivity index (χ1) is 9.34. The molecule has 3 nitrogen and oxygen atoms in total. The highest BCUT2D eigenvalue weighted by atomic mass is 28.3. The van der Waals surface area contributed by atoms with Crippen molar-refractivity contribution in [2.75, 3.05) is 7.05 Å². The molecule has 1 aromatic rings. The van der Waals surface area contributed by atoms with Crippen LogP contribution in [0.5, 0.6) is 5.75 Å². The molecule has 1 aromatic carbocycles. The second-order valence-electron chi connectivity index (χ2n) is 5.95. The maximum absolute atomic E-state index is 12.1. The van der Waals surface area contributed by atoms with E-state index in [1.807, 2.05) is 24.3 Å². The van der Waals surface area contributed by atoms with Gasteiger partial charge in [-0.15, -0.1) is 6.58 Å². The fourth-order valence-electron chi connectivity index (χ4n) is 1.97. The molecular weight excluding hydrogens is 266 g/mol. The average Bonchev–Trinajstić information content (AvgIpc) is 2.37. The molecule has 1 unspecified atom stereocenters. The van der Waals surface area contributed by atoms with Crippen molar-refractivity contribution in [1.29, 1.82) is 0 Å². The van der Waals surface area contributed by atoms with Gasteiger partial charge in [-0.25, -0.2) is 0 Å². The molecule has 20 heavy (non-hydrogen) atoms. The van der Waals surface area contributed by atoms with Crippen molar-refractivity contribution in [3.8, 4) is 5.75 Å². The van der Waals surface area contributed by atoms with Crippen molar-refractivity contribution in [3.05, 3.63) is 43.0 Å². The number of esters is 1. The Morgan fingerprint density at radius 1 is 1.35 bits per heavy atom.